The average molecular weight is 801 g/mol. The van der Waals surface area contributed by atoms with Crippen LogP contribution in [0.1, 0.15) is 99.0 Å². The van der Waals surface area contributed by atoms with Gasteiger partial charge in [-0.15, -0.1) is 0 Å². The number of carbonyl (C=O) groups is 3. The molecule has 5 N–H and O–H groups in total. The number of hydrogen-bond acceptors (Lipinski definition) is 11. The fraction of sp³-hybridized carbons (Fsp3) is 0.595. The van der Waals surface area contributed by atoms with Crippen LogP contribution in [0.5, 0.6) is 0 Å². The summed E-state index contributed by atoms with van der Waals surface area (Å²) >= 11 is 0. The number of benzene rings is 2. The minimum absolute atomic E-state index is 0.00909. The van der Waals surface area contributed by atoms with Gasteiger partial charge < -0.3 is 30.0 Å². The highest BCUT2D eigenvalue weighted by molar-refractivity contribution is 7.89. The topological polar surface area (TPSA) is 216 Å². The zero-order valence-corrected chi connectivity index (χ0v) is 35.4. The number of sulfonamides is 2. The zero-order valence-electron chi connectivity index (χ0n) is 33.7. The lowest BCUT2D eigenvalue weighted by Gasteiger charge is -2.32. The number of hydrogen-bond donors (Lipinski definition) is 5. The van der Waals surface area contributed by atoms with E-state index in [4.69, 9.17) is 9.47 Å². The van der Waals surface area contributed by atoms with E-state index in [0.717, 1.165) is 0 Å². The van der Waals surface area contributed by atoms with Gasteiger partial charge in [0.25, 0.3) is 0 Å². The Balaban J connectivity index is 0.000000541. The first kappa shape index (κ1) is 48.2. The minimum atomic E-state index is -4.02. The number of rotatable bonds is 12. The van der Waals surface area contributed by atoms with Gasteiger partial charge in [0.1, 0.15) is 11.2 Å². The molecule has 0 aliphatic heterocycles. The first-order chi connectivity index (χ1) is 24.4. The fourth-order valence-electron chi connectivity index (χ4n) is 4.46. The predicted octanol–water partition coefficient (Wildman–Crippen LogP) is 5.09. The molecule has 306 valence electrons. The Labute approximate surface area is 321 Å². The molecule has 0 saturated carbocycles. The van der Waals surface area contributed by atoms with Gasteiger partial charge in [0, 0.05) is 13.1 Å². The molecule has 2 aromatic carbocycles. The van der Waals surface area contributed by atoms with Crippen LogP contribution in [0.15, 0.2) is 58.3 Å². The van der Waals surface area contributed by atoms with E-state index >= 15 is 0 Å². The summed E-state index contributed by atoms with van der Waals surface area (Å²) in [6.07, 6.45) is -1.24. The smallest absolute Gasteiger partial charge is 0.407 e. The monoisotopic (exact) mass is 800 g/mol. The van der Waals surface area contributed by atoms with Crippen LogP contribution in [0.2, 0.25) is 0 Å². The molecule has 0 aromatic heterocycles. The predicted molar refractivity (Wildman–Crippen MR) is 206 cm³/mol. The van der Waals surface area contributed by atoms with E-state index in [0.29, 0.717) is 5.56 Å². The van der Waals surface area contributed by atoms with Crippen LogP contribution in [0.4, 0.5) is 9.59 Å². The standard InChI is InChI=1S/C19H30N2O6S.C18H30N2O5S/c1-18(2,3)15(21-17(23)27-19(4,5)6)12-20-28(24,25)14-11-9-8-10-13(14)16(22)26-7;1-17(2,3)15(20-16(22)25-18(4,5)6)11-19-26(23,24)14-10-8-7-9-13(14)12-21/h8-11,15,20H,12H2,1-7H3,(H,21,23);7-10,15,19,21H,11-12H2,1-6H3,(H,20,22)/t2*15-/m11/s1. The Bertz CT molecular complexity index is 1790. The Morgan fingerprint density at radius 3 is 1.37 bits per heavy atom. The van der Waals surface area contributed by atoms with Crippen molar-refractivity contribution in [3.8, 4) is 0 Å². The van der Waals surface area contributed by atoms with Crippen LogP contribution >= 0.6 is 0 Å². The largest absolute Gasteiger partial charge is 0.465 e. The highest BCUT2D eigenvalue weighted by Gasteiger charge is 2.32. The third kappa shape index (κ3) is 16.7. The van der Waals surface area contributed by atoms with Crippen LogP contribution in [-0.2, 0) is 40.9 Å². The summed E-state index contributed by atoms with van der Waals surface area (Å²) in [5, 5.41) is 14.8. The van der Waals surface area contributed by atoms with Crippen LogP contribution in [-0.4, -0.2) is 83.6 Å². The van der Waals surface area contributed by atoms with Crippen molar-refractivity contribution in [2.75, 3.05) is 20.2 Å². The molecular formula is C37H60N4O11S2. The Kier molecular flexibility index (Phi) is 17.2. The summed E-state index contributed by atoms with van der Waals surface area (Å²) < 4.78 is 70.8. The number of alkyl carbamates (subject to hydrolysis) is 2. The van der Waals surface area contributed by atoms with Crippen LogP contribution < -0.4 is 20.1 Å². The van der Waals surface area contributed by atoms with Crippen molar-refractivity contribution in [3.63, 3.8) is 0 Å². The molecule has 0 spiro atoms. The van der Waals surface area contributed by atoms with E-state index in [1.807, 2.05) is 41.5 Å². The molecule has 0 saturated heterocycles. The first-order valence-corrected chi connectivity index (χ1v) is 20.2. The van der Waals surface area contributed by atoms with Crippen LogP contribution in [0, 0.1) is 10.8 Å². The quantitative estimate of drug-likeness (QED) is 0.141. The lowest BCUT2D eigenvalue weighted by Crippen LogP contribution is -2.51. The Morgan fingerprint density at radius 2 is 1.00 bits per heavy atom. The van der Waals surface area contributed by atoms with Crippen molar-refractivity contribution >= 4 is 38.2 Å². The number of nitrogens with one attached hydrogen (secondary N) is 4. The van der Waals surface area contributed by atoms with Gasteiger partial charge in [0.15, 0.2) is 0 Å². The van der Waals surface area contributed by atoms with Crippen molar-refractivity contribution in [1.29, 1.82) is 0 Å². The normalized spacial score (nSPS) is 13.7. The molecule has 0 bridgehead atoms. The molecule has 15 nitrogen and oxygen atoms in total. The van der Waals surface area contributed by atoms with Gasteiger partial charge in [-0.1, -0.05) is 71.9 Å². The molecule has 2 amide bonds. The second kappa shape index (κ2) is 19.2. The number of methoxy groups -OCH3 is 1. The number of aliphatic hydroxyl groups excluding tert-OH is 1. The van der Waals surface area contributed by atoms with E-state index < -0.39 is 72.3 Å². The van der Waals surface area contributed by atoms with Gasteiger partial charge >= 0.3 is 18.2 Å². The molecule has 54 heavy (non-hydrogen) atoms. The molecule has 17 heteroatoms. The molecule has 2 atom stereocenters. The van der Waals surface area contributed by atoms with Crippen molar-refractivity contribution < 1.29 is 50.5 Å². The molecule has 0 unspecified atom stereocenters. The highest BCUT2D eigenvalue weighted by Crippen LogP contribution is 2.23. The SMILES string of the molecule is CC(C)(C)OC(=O)N[C@H](CNS(=O)(=O)c1ccccc1CO)C(C)(C)C.COC(=O)c1ccccc1S(=O)(=O)NC[C@@H](NC(=O)OC(C)(C)C)C(C)(C)C. The summed E-state index contributed by atoms with van der Waals surface area (Å²) in [7, 11) is -6.67. The maximum Gasteiger partial charge on any atom is 0.407 e. The number of carbonyl (C=O) groups excluding carboxylic acids is 3. The van der Waals surface area contributed by atoms with Crippen molar-refractivity contribution in [2.24, 2.45) is 10.8 Å². The van der Waals surface area contributed by atoms with Crippen molar-refractivity contribution in [2.45, 2.75) is 123 Å². The second-order valence-electron chi connectivity index (χ2n) is 16.6. The molecule has 0 aliphatic carbocycles. The van der Waals surface area contributed by atoms with Crippen LogP contribution in [0.3, 0.4) is 0 Å². The number of esters is 1. The summed E-state index contributed by atoms with van der Waals surface area (Å²) in [6.45, 7) is 21.3. The van der Waals surface area contributed by atoms with Crippen molar-refractivity contribution in [1.82, 2.24) is 20.1 Å². The summed E-state index contributed by atoms with van der Waals surface area (Å²) in [4.78, 5) is 35.9. The van der Waals surface area contributed by atoms with E-state index in [1.54, 1.807) is 65.8 Å². The van der Waals surface area contributed by atoms with Gasteiger partial charge in [0.05, 0.1) is 41.2 Å². The minimum Gasteiger partial charge on any atom is -0.465 e. The Morgan fingerprint density at radius 1 is 0.630 bits per heavy atom. The average Bonchev–Trinajstić information content (AvgIpc) is 3.02. The van der Waals surface area contributed by atoms with E-state index in [1.165, 1.54) is 31.4 Å². The molecule has 0 heterocycles. The van der Waals surface area contributed by atoms with E-state index in [-0.39, 0.29) is 35.1 Å². The van der Waals surface area contributed by atoms with Gasteiger partial charge in [-0.05, 0) is 76.1 Å². The summed E-state index contributed by atoms with van der Waals surface area (Å²) in [6, 6.07) is 10.9. The maximum atomic E-state index is 12.8. The first-order valence-electron chi connectivity index (χ1n) is 17.3. The van der Waals surface area contributed by atoms with E-state index in [2.05, 4.69) is 24.8 Å². The summed E-state index contributed by atoms with van der Waals surface area (Å²) in [5.41, 5.74) is -1.94. The van der Waals surface area contributed by atoms with Crippen LogP contribution in [0.25, 0.3) is 0 Å². The van der Waals surface area contributed by atoms with Gasteiger partial charge in [-0.3, -0.25) is 0 Å². The van der Waals surface area contributed by atoms with Gasteiger partial charge in [-0.2, -0.15) is 0 Å². The summed E-state index contributed by atoms with van der Waals surface area (Å²) in [5.74, 6) is -0.750. The maximum absolute atomic E-state index is 12.8. The molecule has 2 aromatic rings. The molecule has 2 rings (SSSR count). The van der Waals surface area contributed by atoms with Gasteiger partial charge in [-0.25, -0.2) is 40.7 Å². The third-order valence-corrected chi connectivity index (χ3v) is 10.4. The molecule has 0 radical (unpaired) electrons. The number of ether oxygens (including phenoxy) is 3. The third-order valence-electron chi connectivity index (χ3n) is 7.44. The molecule has 0 fully saturated rings. The lowest BCUT2D eigenvalue weighted by molar-refractivity contribution is 0.0456. The molecule has 0 aliphatic rings. The van der Waals surface area contributed by atoms with E-state index in [9.17, 15) is 36.3 Å². The number of amides is 2. The zero-order chi connectivity index (χ0) is 41.9. The second-order valence-corrected chi connectivity index (χ2v) is 20.1. The molecular weight excluding hydrogens is 741 g/mol. The fourth-order valence-corrected chi connectivity index (χ4v) is 6.98. The lowest BCUT2D eigenvalue weighted by atomic mass is 9.87. The highest BCUT2D eigenvalue weighted by atomic mass is 32.2. The Hall–Kier alpha value is -3.77. The van der Waals surface area contributed by atoms with Gasteiger partial charge in [0.2, 0.25) is 20.0 Å². The van der Waals surface area contributed by atoms with Crippen molar-refractivity contribution in [3.05, 3.63) is 59.7 Å². The number of aliphatic hydroxyl groups is 1.